The van der Waals surface area contributed by atoms with Crippen molar-refractivity contribution >= 4 is 23.9 Å². The molecule has 7 nitrogen and oxygen atoms in total. The molecule has 1 aliphatic heterocycles. The number of hydrogen-bond acceptors (Lipinski definition) is 6. The lowest BCUT2D eigenvalue weighted by Gasteiger charge is -2.08. The fourth-order valence-electron chi connectivity index (χ4n) is 2.47. The summed E-state index contributed by atoms with van der Waals surface area (Å²) in [6.45, 7) is 1.84. The number of carbonyl (C=O) groups excluding carboxylic acids is 1. The Bertz CT molecular complexity index is 932. The zero-order valence-electron chi connectivity index (χ0n) is 14.5. The van der Waals surface area contributed by atoms with Crippen LogP contribution in [0.2, 0.25) is 0 Å². The van der Waals surface area contributed by atoms with Gasteiger partial charge in [0.25, 0.3) is 0 Å². The summed E-state index contributed by atoms with van der Waals surface area (Å²) in [6, 6.07) is 13.9. The van der Waals surface area contributed by atoms with Crippen LogP contribution in [0.1, 0.15) is 18.1 Å². The first-order chi connectivity index (χ1) is 13.1. The van der Waals surface area contributed by atoms with Crippen molar-refractivity contribution in [2.45, 2.75) is 6.92 Å². The Hall–Kier alpha value is -3.61. The Kier molecular flexibility index (Phi) is 5.51. The van der Waals surface area contributed by atoms with Gasteiger partial charge in [-0.3, -0.25) is 0 Å². The number of ether oxygens (including phenoxy) is 3. The number of carboxylic acids is 1. The topological polar surface area (TPSA) is 94.4 Å². The van der Waals surface area contributed by atoms with Gasteiger partial charge in [-0.2, -0.15) is 0 Å². The number of nitrogens with zero attached hydrogens (tertiary/aromatic N) is 1. The summed E-state index contributed by atoms with van der Waals surface area (Å²) in [5, 5.41) is 8.77. The molecular formula is C20H17NO6. The third kappa shape index (κ3) is 4.33. The van der Waals surface area contributed by atoms with E-state index in [-0.39, 0.29) is 11.6 Å². The van der Waals surface area contributed by atoms with Crippen LogP contribution in [0.25, 0.3) is 6.08 Å². The van der Waals surface area contributed by atoms with E-state index in [1.807, 2.05) is 13.0 Å². The summed E-state index contributed by atoms with van der Waals surface area (Å²) in [6.07, 6.45) is 1.50. The molecule has 0 saturated heterocycles. The Morgan fingerprint density at radius 1 is 1.11 bits per heavy atom. The molecule has 0 bridgehead atoms. The molecule has 2 aromatic rings. The highest BCUT2D eigenvalue weighted by Crippen LogP contribution is 2.27. The fourth-order valence-corrected chi connectivity index (χ4v) is 2.47. The van der Waals surface area contributed by atoms with Gasteiger partial charge in [0.15, 0.2) is 12.3 Å². The molecule has 0 aromatic heterocycles. The van der Waals surface area contributed by atoms with E-state index in [0.717, 1.165) is 0 Å². The molecule has 0 spiro atoms. The number of para-hydroxylation sites is 2. The lowest BCUT2D eigenvalue weighted by molar-refractivity contribution is -0.139. The van der Waals surface area contributed by atoms with Crippen LogP contribution < -0.4 is 9.47 Å². The second kappa shape index (κ2) is 8.18. The fraction of sp³-hybridized carbons (Fsp3) is 0.150. The highest BCUT2D eigenvalue weighted by molar-refractivity contribution is 6.13. The summed E-state index contributed by atoms with van der Waals surface area (Å²) < 4.78 is 16.1. The Morgan fingerprint density at radius 3 is 2.56 bits per heavy atom. The van der Waals surface area contributed by atoms with Crippen molar-refractivity contribution in [3.05, 3.63) is 65.4 Å². The van der Waals surface area contributed by atoms with E-state index in [1.54, 1.807) is 42.5 Å². The van der Waals surface area contributed by atoms with Crippen LogP contribution in [-0.2, 0) is 14.3 Å². The zero-order chi connectivity index (χ0) is 19.2. The molecule has 0 saturated carbocycles. The van der Waals surface area contributed by atoms with Crippen molar-refractivity contribution in [3.63, 3.8) is 0 Å². The van der Waals surface area contributed by atoms with Crippen LogP contribution in [0.5, 0.6) is 11.5 Å². The van der Waals surface area contributed by atoms with Gasteiger partial charge >= 0.3 is 11.9 Å². The molecule has 27 heavy (non-hydrogen) atoms. The number of rotatable bonds is 7. The van der Waals surface area contributed by atoms with Crippen molar-refractivity contribution in [2.24, 2.45) is 4.99 Å². The van der Waals surface area contributed by atoms with Crippen LogP contribution >= 0.6 is 0 Å². The molecule has 0 atom stereocenters. The lowest BCUT2D eigenvalue weighted by Crippen LogP contribution is -2.10. The van der Waals surface area contributed by atoms with Gasteiger partial charge in [0.05, 0.1) is 12.2 Å². The van der Waals surface area contributed by atoms with E-state index >= 15 is 0 Å². The first kappa shape index (κ1) is 18.2. The number of aliphatic imine (C=N–C) groups is 1. The molecule has 2 aromatic carbocycles. The second-order valence-corrected chi connectivity index (χ2v) is 5.49. The van der Waals surface area contributed by atoms with Crippen LogP contribution in [0.15, 0.2) is 59.2 Å². The predicted molar refractivity (Wildman–Crippen MR) is 97.8 cm³/mol. The number of carboxylic acid groups (broad SMARTS) is 1. The Balaban J connectivity index is 1.92. The Labute approximate surface area is 155 Å². The third-order valence-electron chi connectivity index (χ3n) is 3.60. The van der Waals surface area contributed by atoms with Crippen LogP contribution in [0, 0.1) is 0 Å². The van der Waals surface area contributed by atoms with Crippen molar-refractivity contribution < 1.29 is 28.9 Å². The second-order valence-electron chi connectivity index (χ2n) is 5.49. The van der Waals surface area contributed by atoms with Gasteiger partial charge in [-0.25, -0.2) is 14.6 Å². The molecule has 1 aliphatic rings. The lowest BCUT2D eigenvalue weighted by atomic mass is 10.1. The van der Waals surface area contributed by atoms with Crippen molar-refractivity contribution in [1.29, 1.82) is 0 Å². The van der Waals surface area contributed by atoms with Crippen LogP contribution in [0.3, 0.4) is 0 Å². The van der Waals surface area contributed by atoms with Crippen LogP contribution in [0.4, 0.5) is 0 Å². The molecule has 1 N–H and O–H groups in total. The SMILES string of the molecule is CCOc1ccccc1C1=N/C(=C\c2ccccc2OCC(=O)O)C(=O)O1. The molecule has 0 radical (unpaired) electrons. The number of esters is 1. The Morgan fingerprint density at radius 2 is 1.81 bits per heavy atom. The third-order valence-corrected chi connectivity index (χ3v) is 3.60. The highest BCUT2D eigenvalue weighted by atomic mass is 16.6. The number of carbonyl (C=O) groups is 2. The van der Waals surface area contributed by atoms with E-state index < -0.39 is 18.5 Å². The highest BCUT2D eigenvalue weighted by Gasteiger charge is 2.26. The maximum atomic E-state index is 12.2. The number of cyclic esters (lactones) is 1. The minimum absolute atomic E-state index is 0.0858. The monoisotopic (exact) mass is 367 g/mol. The average Bonchev–Trinajstić information content (AvgIpc) is 3.02. The summed E-state index contributed by atoms with van der Waals surface area (Å²) in [5.41, 5.74) is 1.18. The zero-order valence-corrected chi connectivity index (χ0v) is 14.5. The summed E-state index contributed by atoms with van der Waals surface area (Å²) >= 11 is 0. The normalized spacial score (nSPS) is 14.6. The van der Waals surface area contributed by atoms with Gasteiger partial charge in [-0.15, -0.1) is 0 Å². The minimum atomic E-state index is -1.09. The van der Waals surface area contributed by atoms with E-state index in [4.69, 9.17) is 19.3 Å². The number of aliphatic carboxylic acids is 1. The van der Waals surface area contributed by atoms with E-state index in [9.17, 15) is 9.59 Å². The summed E-state index contributed by atoms with van der Waals surface area (Å²) in [7, 11) is 0. The number of hydrogen-bond donors (Lipinski definition) is 1. The smallest absolute Gasteiger partial charge is 0.363 e. The predicted octanol–water partition coefficient (Wildman–Crippen LogP) is 2.89. The van der Waals surface area contributed by atoms with E-state index in [2.05, 4.69) is 4.99 Å². The molecule has 1 heterocycles. The van der Waals surface area contributed by atoms with Gasteiger partial charge in [0.1, 0.15) is 11.5 Å². The largest absolute Gasteiger partial charge is 0.493 e. The van der Waals surface area contributed by atoms with Gasteiger partial charge in [0.2, 0.25) is 5.90 Å². The molecule has 0 amide bonds. The van der Waals surface area contributed by atoms with Crippen molar-refractivity contribution in [2.75, 3.05) is 13.2 Å². The first-order valence-electron chi connectivity index (χ1n) is 8.27. The molecule has 0 aliphatic carbocycles. The molecule has 7 heteroatoms. The molecule has 0 unspecified atom stereocenters. The average molecular weight is 367 g/mol. The minimum Gasteiger partial charge on any atom is -0.493 e. The van der Waals surface area contributed by atoms with Crippen molar-refractivity contribution in [3.8, 4) is 11.5 Å². The standard InChI is InChI=1S/C20H17NO6/c1-2-25-17-10-6-4-8-14(17)19-21-15(20(24)27-19)11-13-7-3-5-9-16(13)26-12-18(22)23/h3-11H,2,12H2,1H3,(H,22,23)/b15-11-. The van der Waals surface area contributed by atoms with E-state index in [1.165, 1.54) is 6.08 Å². The van der Waals surface area contributed by atoms with Crippen molar-refractivity contribution in [1.82, 2.24) is 0 Å². The van der Waals surface area contributed by atoms with Gasteiger partial charge < -0.3 is 19.3 Å². The van der Waals surface area contributed by atoms with Gasteiger partial charge in [0, 0.05) is 5.56 Å². The maximum absolute atomic E-state index is 12.2. The molecule has 138 valence electrons. The molecule has 0 fully saturated rings. The summed E-state index contributed by atoms with van der Waals surface area (Å²) in [5.74, 6) is -0.647. The molecule has 3 rings (SSSR count). The molecular weight excluding hydrogens is 350 g/mol. The van der Waals surface area contributed by atoms with E-state index in [0.29, 0.717) is 29.2 Å². The van der Waals surface area contributed by atoms with Crippen LogP contribution in [-0.4, -0.2) is 36.2 Å². The quantitative estimate of drug-likeness (QED) is 0.597. The van der Waals surface area contributed by atoms with Gasteiger partial charge in [-0.05, 0) is 31.2 Å². The van der Waals surface area contributed by atoms with Gasteiger partial charge in [-0.1, -0.05) is 30.3 Å². The maximum Gasteiger partial charge on any atom is 0.363 e. The summed E-state index contributed by atoms with van der Waals surface area (Å²) in [4.78, 5) is 27.2. The first-order valence-corrected chi connectivity index (χ1v) is 8.27. The number of benzene rings is 2.